The molecule has 1 unspecified atom stereocenters. The summed E-state index contributed by atoms with van der Waals surface area (Å²) in [4.78, 5) is 4.04. The van der Waals surface area contributed by atoms with E-state index in [-0.39, 0.29) is 0 Å². The molecule has 0 radical (unpaired) electrons. The standard InChI is InChI=1S/C16H19ClN2/c1-12(11-14-3-5-16(17)6-4-14)19-13(2)15-7-9-18-10-8-15/h3-10,12-13,19H,11H2,1-2H3/t12?,13-/m1/s1. The van der Waals surface area contributed by atoms with Crippen LogP contribution in [0.25, 0.3) is 0 Å². The van der Waals surface area contributed by atoms with Crippen LogP contribution in [0, 0.1) is 0 Å². The number of halogens is 1. The number of benzene rings is 1. The molecule has 1 aromatic heterocycles. The molecule has 2 atom stereocenters. The third-order valence-electron chi connectivity index (χ3n) is 3.20. The Morgan fingerprint density at radius 1 is 1.05 bits per heavy atom. The minimum absolute atomic E-state index is 0.324. The third kappa shape index (κ3) is 4.34. The Hall–Kier alpha value is -1.38. The van der Waals surface area contributed by atoms with Crippen molar-refractivity contribution in [3.8, 4) is 0 Å². The van der Waals surface area contributed by atoms with E-state index in [4.69, 9.17) is 11.6 Å². The lowest BCUT2D eigenvalue weighted by molar-refractivity contribution is 0.477. The summed E-state index contributed by atoms with van der Waals surface area (Å²) in [7, 11) is 0. The maximum atomic E-state index is 5.89. The van der Waals surface area contributed by atoms with Gasteiger partial charge in [-0.15, -0.1) is 0 Å². The lowest BCUT2D eigenvalue weighted by Crippen LogP contribution is -2.30. The van der Waals surface area contributed by atoms with Gasteiger partial charge in [0.2, 0.25) is 0 Å². The van der Waals surface area contributed by atoms with E-state index in [1.807, 2.05) is 36.7 Å². The van der Waals surface area contributed by atoms with Crippen molar-refractivity contribution in [1.82, 2.24) is 10.3 Å². The number of nitrogens with zero attached hydrogens (tertiary/aromatic N) is 1. The maximum absolute atomic E-state index is 5.89. The van der Waals surface area contributed by atoms with Crippen LogP contribution in [0.15, 0.2) is 48.8 Å². The van der Waals surface area contributed by atoms with Crippen LogP contribution in [0.4, 0.5) is 0 Å². The van der Waals surface area contributed by atoms with Crippen molar-refractivity contribution in [1.29, 1.82) is 0 Å². The molecule has 0 saturated heterocycles. The molecule has 2 rings (SSSR count). The molecule has 0 aliphatic rings. The van der Waals surface area contributed by atoms with Crippen LogP contribution < -0.4 is 5.32 Å². The van der Waals surface area contributed by atoms with Gasteiger partial charge in [0.15, 0.2) is 0 Å². The zero-order chi connectivity index (χ0) is 13.7. The van der Waals surface area contributed by atoms with Gasteiger partial charge in [0.05, 0.1) is 0 Å². The monoisotopic (exact) mass is 274 g/mol. The van der Waals surface area contributed by atoms with Crippen molar-refractivity contribution >= 4 is 11.6 Å². The van der Waals surface area contributed by atoms with Crippen LogP contribution in [0.3, 0.4) is 0 Å². The smallest absolute Gasteiger partial charge is 0.0406 e. The highest BCUT2D eigenvalue weighted by Crippen LogP contribution is 2.14. The molecule has 1 N–H and O–H groups in total. The van der Waals surface area contributed by atoms with Crippen LogP contribution in [0.1, 0.15) is 31.0 Å². The van der Waals surface area contributed by atoms with Gasteiger partial charge in [0.25, 0.3) is 0 Å². The molecule has 2 aromatic rings. The number of pyridine rings is 1. The quantitative estimate of drug-likeness (QED) is 0.891. The summed E-state index contributed by atoms with van der Waals surface area (Å²) in [5, 5.41) is 4.39. The van der Waals surface area contributed by atoms with Gasteiger partial charge in [-0.1, -0.05) is 23.7 Å². The van der Waals surface area contributed by atoms with Gasteiger partial charge in [0.1, 0.15) is 0 Å². The average Bonchev–Trinajstić information content (AvgIpc) is 2.42. The van der Waals surface area contributed by atoms with Crippen LogP contribution >= 0.6 is 11.6 Å². The highest BCUT2D eigenvalue weighted by Gasteiger charge is 2.09. The molecule has 0 fully saturated rings. The molecule has 0 aliphatic heterocycles. The second kappa shape index (κ2) is 6.69. The minimum Gasteiger partial charge on any atom is -0.307 e. The molecule has 2 nitrogen and oxygen atoms in total. The maximum Gasteiger partial charge on any atom is 0.0406 e. The number of hydrogen-bond acceptors (Lipinski definition) is 2. The zero-order valence-electron chi connectivity index (χ0n) is 11.3. The first-order chi connectivity index (χ1) is 9.15. The Morgan fingerprint density at radius 2 is 1.68 bits per heavy atom. The van der Waals surface area contributed by atoms with Crippen molar-refractivity contribution < 1.29 is 0 Å². The highest BCUT2D eigenvalue weighted by atomic mass is 35.5. The number of nitrogens with one attached hydrogen (secondary N) is 1. The average molecular weight is 275 g/mol. The summed E-state index contributed by atoms with van der Waals surface area (Å²) in [5.41, 5.74) is 2.56. The van der Waals surface area contributed by atoms with Gasteiger partial charge in [-0.25, -0.2) is 0 Å². The number of hydrogen-bond donors (Lipinski definition) is 1. The fourth-order valence-corrected chi connectivity index (χ4v) is 2.33. The van der Waals surface area contributed by atoms with Gasteiger partial charge < -0.3 is 5.32 Å². The second-order valence-electron chi connectivity index (χ2n) is 4.90. The molecular formula is C16H19ClN2. The molecule has 0 aliphatic carbocycles. The Bertz CT molecular complexity index is 496. The number of aromatic nitrogens is 1. The van der Waals surface area contributed by atoms with E-state index in [1.54, 1.807) is 0 Å². The first-order valence-corrected chi connectivity index (χ1v) is 6.93. The van der Waals surface area contributed by atoms with Crippen LogP contribution in [0.5, 0.6) is 0 Å². The summed E-state index contributed by atoms with van der Waals surface area (Å²) < 4.78 is 0. The van der Waals surface area contributed by atoms with Gasteiger partial charge in [-0.3, -0.25) is 4.98 Å². The Balaban J connectivity index is 1.90. The Kier molecular flexibility index (Phi) is 4.94. The first kappa shape index (κ1) is 14.0. The predicted octanol–water partition coefficient (Wildman–Crippen LogP) is 4.02. The molecule has 100 valence electrons. The summed E-state index contributed by atoms with van der Waals surface area (Å²) in [6, 6.07) is 12.9. The molecule has 1 aromatic carbocycles. The van der Waals surface area contributed by atoms with E-state index < -0.39 is 0 Å². The van der Waals surface area contributed by atoms with E-state index in [0.717, 1.165) is 11.4 Å². The lowest BCUT2D eigenvalue weighted by atomic mass is 10.0. The molecule has 0 spiro atoms. The molecule has 3 heteroatoms. The van der Waals surface area contributed by atoms with Crippen LogP contribution in [-0.2, 0) is 6.42 Å². The zero-order valence-corrected chi connectivity index (χ0v) is 12.1. The summed E-state index contributed by atoms with van der Waals surface area (Å²) >= 11 is 5.89. The van der Waals surface area contributed by atoms with Gasteiger partial charge in [0, 0.05) is 29.5 Å². The molecule has 1 heterocycles. The largest absolute Gasteiger partial charge is 0.307 e. The van der Waals surface area contributed by atoms with Crippen LogP contribution in [-0.4, -0.2) is 11.0 Å². The predicted molar refractivity (Wildman–Crippen MR) is 80.4 cm³/mol. The van der Waals surface area contributed by atoms with Crippen molar-refractivity contribution in [2.75, 3.05) is 0 Å². The minimum atomic E-state index is 0.324. The van der Waals surface area contributed by atoms with E-state index in [1.165, 1.54) is 11.1 Å². The van der Waals surface area contributed by atoms with Crippen LogP contribution in [0.2, 0.25) is 5.02 Å². The summed E-state index contributed by atoms with van der Waals surface area (Å²) in [6.45, 7) is 4.37. The van der Waals surface area contributed by atoms with Crippen molar-refractivity contribution in [3.05, 3.63) is 64.9 Å². The van der Waals surface area contributed by atoms with E-state index in [9.17, 15) is 0 Å². The van der Waals surface area contributed by atoms with E-state index in [2.05, 4.69) is 36.3 Å². The summed E-state index contributed by atoms with van der Waals surface area (Å²) in [6.07, 6.45) is 4.65. The normalized spacial score (nSPS) is 14.1. The molecule has 0 amide bonds. The molecule has 0 bridgehead atoms. The first-order valence-electron chi connectivity index (χ1n) is 6.55. The Morgan fingerprint density at radius 3 is 2.32 bits per heavy atom. The molecular weight excluding hydrogens is 256 g/mol. The second-order valence-corrected chi connectivity index (χ2v) is 5.34. The van der Waals surface area contributed by atoms with E-state index in [0.29, 0.717) is 12.1 Å². The van der Waals surface area contributed by atoms with Crippen molar-refractivity contribution in [2.45, 2.75) is 32.4 Å². The topological polar surface area (TPSA) is 24.9 Å². The van der Waals surface area contributed by atoms with Crippen molar-refractivity contribution in [2.24, 2.45) is 0 Å². The van der Waals surface area contributed by atoms with Gasteiger partial charge >= 0.3 is 0 Å². The van der Waals surface area contributed by atoms with Gasteiger partial charge in [-0.05, 0) is 55.7 Å². The third-order valence-corrected chi connectivity index (χ3v) is 3.45. The summed E-state index contributed by atoms with van der Waals surface area (Å²) in [5.74, 6) is 0. The fourth-order valence-electron chi connectivity index (χ4n) is 2.21. The SMILES string of the molecule is CC(Cc1ccc(Cl)cc1)N[C@H](C)c1ccncc1. The highest BCUT2D eigenvalue weighted by molar-refractivity contribution is 6.30. The fraction of sp³-hybridized carbons (Fsp3) is 0.312. The Labute approximate surface area is 119 Å². The van der Waals surface area contributed by atoms with E-state index >= 15 is 0 Å². The molecule has 0 saturated carbocycles. The number of rotatable bonds is 5. The van der Waals surface area contributed by atoms with Crippen molar-refractivity contribution in [3.63, 3.8) is 0 Å². The molecule has 19 heavy (non-hydrogen) atoms. The van der Waals surface area contributed by atoms with Gasteiger partial charge in [-0.2, -0.15) is 0 Å². The lowest BCUT2D eigenvalue weighted by Gasteiger charge is -2.20.